The quantitative estimate of drug-likeness (QED) is 0.364. The summed E-state index contributed by atoms with van der Waals surface area (Å²) in [5, 5.41) is 0. The lowest BCUT2D eigenvalue weighted by atomic mass is 9.83. The predicted molar refractivity (Wildman–Crippen MR) is 80.4 cm³/mol. The molecule has 104 valence electrons. The van der Waals surface area contributed by atoms with Crippen molar-refractivity contribution in [3.05, 3.63) is 0 Å². The third-order valence-electron chi connectivity index (χ3n) is 4.40. The molecule has 0 heterocycles. The SMILES string of the molecule is CCCCCC(C)CCC(C)C(CC)CCC. The van der Waals surface area contributed by atoms with E-state index in [9.17, 15) is 0 Å². The van der Waals surface area contributed by atoms with Crippen molar-refractivity contribution in [2.45, 2.75) is 92.4 Å². The van der Waals surface area contributed by atoms with E-state index in [2.05, 4.69) is 34.6 Å². The molecule has 0 aromatic rings. The molecule has 0 spiro atoms. The molecular weight excluding hydrogens is 204 g/mol. The van der Waals surface area contributed by atoms with Crippen LogP contribution < -0.4 is 0 Å². The second-order valence-corrected chi connectivity index (χ2v) is 6.11. The van der Waals surface area contributed by atoms with Crippen LogP contribution in [0.2, 0.25) is 0 Å². The highest BCUT2D eigenvalue weighted by Gasteiger charge is 2.15. The average molecular weight is 240 g/mol. The van der Waals surface area contributed by atoms with Gasteiger partial charge in [-0.3, -0.25) is 0 Å². The van der Waals surface area contributed by atoms with Gasteiger partial charge >= 0.3 is 0 Å². The minimum absolute atomic E-state index is 0.938. The summed E-state index contributed by atoms with van der Waals surface area (Å²) in [5.74, 6) is 2.86. The zero-order valence-electron chi connectivity index (χ0n) is 13.1. The van der Waals surface area contributed by atoms with Crippen molar-refractivity contribution in [3.63, 3.8) is 0 Å². The lowest BCUT2D eigenvalue weighted by Gasteiger charge is -2.23. The van der Waals surface area contributed by atoms with Gasteiger partial charge < -0.3 is 0 Å². The van der Waals surface area contributed by atoms with E-state index in [4.69, 9.17) is 0 Å². The van der Waals surface area contributed by atoms with Crippen molar-refractivity contribution in [1.82, 2.24) is 0 Å². The molecule has 0 saturated carbocycles. The van der Waals surface area contributed by atoms with Crippen molar-refractivity contribution >= 4 is 0 Å². The maximum Gasteiger partial charge on any atom is -0.0391 e. The third-order valence-corrected chi connectivity index (χ3v) is 4.40. The molecular formula is C17H36. The van der Waals surface area contributed by atoms with Crippen molar-refractivity contribution in [2.24, 2.45) is 17.8 Å². The van der Waals surface area contributed by atoms with Crippen LogP contribution in [0, 0.1) is 17.8 Å². The first-order valence-electron chi connectivity index (χ1n) is 8.15. The van der Waals surface area contributed by atoms with Gasteiger partial charge in [-0.2, -0.15) is 0 Å². The van der Waals surface area contributed by atoms with Crippen LogP contribution in [0.3, 0.4) is 0 Å². The highest BCUT2D eigenvalue weighted by atomic mass is 14.2. The Morgan fingerprint density at radius 1 is 0.706 bits per heavy atom. The van der Waals surface area contributed by atoms with Gasteiger partial charge in [-0.25, -0.2) is 0 Å². The Balaban J connectivity index is 3.69. The van der Waals surface area contributed by atoms with Crippen molar-refractivity contribution < 1.29 is 0 Å². The molecule has 0 radical (unpaired) electrons. The minimum Gasteiger partial charge on any atom is -0.0654 e. The van der Waals surface area contributed by atoms with Crippen LogP contribution in [-0.2, 0) is 0 Å². The molecule has 0 aliphatic rings. The first-order valence-corrected chi connectivity index (χ1v) is 8.15. The van der Waals surface area contributed by atoms with Crippen molar-refractivity contribution in [1.29, 1.82) is 0 Å². The van der Waals surface area contributed by atoms with Crippen molar-refractivity contribution in [3.8, 4) is 0 Å². The van der Waals surface area contributed by atoms with E-state index in [1.54, 1.807) is 0 Å². The van der Waals surface area contributed by atoms with Gasteiger partial charge in [0.15, 0.2) is 0 Å². The molecule has 0 nitrogen and oxygen atoms in total. The van der Waals surface area contributed by atoms with Crippen LogP contribution in [0.25, 0.3) is 0 Å². The molecule has 0 bridgehead atoms. The Morgan fingerprint density at radius 2 is 1.41 bits per heavy atom. The van der Waals surface area contributed by atoms with Crippen LogP contribution in [0.15, 0.2) is 0 Å². The standard InChI is InChI=1S/C17H36/c1-6-9-10-12-15(4)13-14-16(5)17(8-3)11-7-2/h15-17H,6-14H2,1-5H3. The molecule has 0 aromatic carbocycles. The fourth-order valence-electron chi connectivity index (χ4n) is 2.93. The fourth-order valence-corrected chi connectivity index (χ4v) is 2.93. The van der Waals surface area contributed by atoms with Crippen molar-refractivity contribution in [2.75, 3.05) is 0 Å². The molecule has 3 atom stereocenters. The van der Waals surface area contributed by atoms with Crippen LogP contribution in [0.5, 0.6) is 0 Å². The third kappa shape index (κ3) is 8.69. The average Bonchev–Trinajstić information content (AvgIpc) is 2.33. The summed E-state index contributed by atoms with van der Waals surface area (Å²) in [6.07, 6.45) is 12.7. The van der Waals surface area contributed by atoms with Crippen LogP contribution in [0.1, 0.15) is 92.4 Å². The van der Waals surface area contributed by atoms with Gasteiger partial charge in [-0.1, -0.05) is 92.4 Å². The molecule has 0 amide bonds. The summed E-state index contributed by atoms with van der Waals surface area (Å²) in [4.78, 5) is 0. The number of unbranched alkanes of at least 4 members (excludes halogenated alkanes) is 2. The Bertz CT molecular complexity index is 150. The molecule has 0 rings (SSSR count). The summed E-state index contributed by atoms with van der Waals surface area (Å²) in [7, 11) is 0. The van der Waals surface area contributed by atoms with E-state index in [0.717, 1.165) is 17.8 Å². The molecule has 0 aliphatic heterocycles. The van der Waals surface area contributed by atoms with Crippen LogP contribution >= 0.6 is 0 Å². The van der Waals surface area contributed by atoms with Gasteiger partial charge in [0.2, 0.25) is 0 Å². The molecule has 0 fully saturated rings. The van der Waals surface area contributed by atoms with Gasteiger partial charge in [0.25, 0.3) is 0 Å². The molecule has 0 N–H and O–H groups in total. The van der Waals surface area contributed by atoms with E-state index in [1.807, 2.05) is 0 Å². The van der Waals surface area contributed by atoms with Gasteiger partial charge in [0.1, 0.15) is 0 Å². The molecule has 0 saturated heterocycles. The summed E-state index contributed by atoms with van der Waals surface area (Å²) in [5.41, 5.74) is 0. The first-order chi connectivity index (χ1) is 8.15. The van der Waals surface area contributed by atoms with Gasteiger partial charge in [-0.05, 0) is 17.8 Å². The Hall–Kier alpha value is 0. The second kappa shape index (κ2) is 11.1. The highest BCUT2D eigenvalue weighted by molar-refractivity contribution is 4.66. The van der Waals surface area contributed by atoms with Crippen LogP contribution in [0.4, 0.5) is 0 Å². The summed E-state index contributed by atoms with van der Waals surface area (Å²) in [6.45, 7) is 11.9. The van der Waals surface area contributed by atoms with Gasteiger partial charge in [0, 0.05) is 0 Å². The Kier molecular flexibility index (Phi) is 11.1. The largest absolute Gasteiger partial charge is 0.0654 e. The molecule has 0 aromatic heterocycles. The molecule has 0 aliphatic carbocycles. The zero-order valence-corrected chi connectivity index (χ0v) is 13.1. The zero-order chi connectivity index (χ0) is 13.1. The van der Waals surface area contributed by atoms with E-state index in [1.165, 1.54) is 57.8 Å². The lowest BCUT2D eigenvalue weighted by Crippen LogP contribution is -2.12. The van der Waals surface area contributed by atoms with E-state index < -0.39 is 0 Å². The summed E-state index contributed by atoms with van der Waals surface area (Å²) >= 11 is 0. The number of rotatable bonds is 11. The normalized spacial score (nSPS) is 16.8. The maximum absolute atomic E-state index is 2.47. The second-order valence-electron chi connectivity index (χ2n) is 6.11. The summed E-state index contributed by atoms with van der Waals surface area (Å²) < 4.78 is 0. The minimum atomic E-state index is 0.938. The Labute approximate surface area is 111 Å². The predicted octanol–water partition coefficient (Wildman–Crippen LogP) is 6.45. The monoisotopic (exact) mass is 240 g/mol. The smallest absolute Gasteiger partial charge is 0.0391 e. The van der Waals surface area contributed by atoms with E-state index in [-0.39, 0.29) is 0 Å². The fraction of sp³-hybridized carbons (Fsp3) is 1.00. The molecule has 17 heavy (non-hydrogen) atoms. The lowest BCUT2D eigenvalue weighted by molar-refractivity contribution is 0.281. The summed E-state index contributed by atoms with van der Waals surface area (Å²) in [6, 6.07) is 0. The number of hydrogen-bond donors (Lipinski definition) is 0. The Morgan fingerprint density at radius 3 is 1.94 bits per heavy atom. The molecule has 0 heteroatoms. The molecule has 3 unspecified atom stereocenters. The first kappa shape index (κ1) is 17.0. The van der Waals surface area contributed by atoms with E-state index in [0.29, 0.717) is 0 Å². The highest BCUT2D eigenvalue weighted by Crippen LogP contribution is 2.27. The van der Waals surface area contributed by atoms with Gasteiger partial charge in [0.05, 0.1) is 0 Å². The topological polar surface area (TPSA) is 0 Å². The van der Waals surface area contributed by atoms with E-state index >= 15 is 0 Å². The number of hydrogen-bond acceptors (Lipinski definition) is 0. The van der Waals surface area contributed by atoms with Crippen LogP contribution in [-0.4, -0.2) is 0 Å². The van der Waals surface area contributed by atoms with Gasteiger partial charge in [-0.15, -0.1) is 0 Å². The maximum atomic E-state index is 2.47.